The van der Waals surface area contributed by atoms with E-state index in [9.17, 15) is 14.0 Å². The lowest BCUT2D eigenvalue weighted by Crippen LogP contribution is -2.41. The fraction of sp³-hybridized carbons (Fsp3) is 0.261. The van der Waals surface area contributed by atoms with Crippen LogP contribution in [0.3, 0.4) is 0 Å². The zero-order valence-electron chi connectivity index (χ0n) is 17.6. The first-order valence-corrected chi connectivity index (χ1v) is 12.3. The van der Waals surface area contributed by atoms with E-state index in [0.29, 0.717) is 22.5 Å². The number of benzene rings is 2. The minimum Gasteiger partial charge on any atom is -0.481 e. The average molecular weight is 675 g/mol. The minimum absolute atomic E-state index is 0.104. The van der Waals surface area contributed by atoms with Crippen LogP contribution in [0.15, 0.2) is 53.3 Å². The lowest BCUT2D eigenvalue weighted by atomic mass is 10.2. The van der Waals surface area contributed by atoms with Crippen molar-refractivity contribution >= 4 is 51.1 Å². The van der Waals surface area contributed by atoms with Gasteiger partial charge in [0, 0.05) is 10.1 Å². The summed E-state index contributed by atoms with van der Waals surface area (Å²) in [6.07, 6.45) is 0. The molecule has 0 saturated carbocycles. The SMILES string of the molecule is CC1(I)OCCn2c1nc(C(=O)NCc1ccc(F)cc1I)c(OCc1ccccc1)c2=O. The van der Waals surface area contributed by atoms with Crippen molar-refractivity contribution in [2.45, 2.75) is 30.2 Å². The Hall–Kier alpha value is -2.06. The molecule has 0 fully saturated rings. The number of ether oxygens (including phenoxy) is 2. The van der Waals surface area contributed by atoms with Crippen LogP contribution in [0.2, 0.25) is 0 Å². The molecule has 0 radical (unpaired) electrons. The van der Waals surface area contributed by atoms with Crippen molar-refractivity contribution in [3.05, 3.63) is 90.9 Å². The summed E-state index contributed by atoms with van der Waals surface area (Å²) in [5.74, 6) is -0.663. The maximum atomic E-state index is 13.4. The Morgan fingerprint density at radius 1 is 1.30 bits per heavy atom. The number of halogens is 3. The smallest absolute Gasteiger partial charge is 0.296 e. The Kier molecular flexibility index (Phi) is 7.34. The van der Waals surface area contributed by atoms with Gasteiger partial charge >= 0.3 is 0 Å². The monoisotopic (exact) mass is 675 g/mol. The topological polar surface area (TPSA) is 82.5 Å². The molecule has 4 rings (SSSR count). The van der Waals surface area contributed by atoms with Crippen LogP contribution in [0.25, 0.3) is 0 Å². The van der Waals surface area contributed by atoms with Crippen LogP contribution in [-0.2, 0) is 28.0 Å². The van der Waals surface area contributed by atoms with E-state index in [4.69, 9.17) is 9.47 Å². The zero-order chi connectivity index (χ0) is 23.6. The lowest BCUT2D eigenvalue weighted by Gasteiger charge is -2.31. The Bertz CT molecular complexity index is 1250. The van der Waals surface area contributed by atoms with Gasteiger partial charge in [-0.3, -0.25) is 14.2 Å². The van der Waals surface area contributed by atoms with Crippen LogP contribution in [0.1, 0.15) is 34.4 Å². The second kappa shape index (κ2) is 10.1. The summed E-state index contributed by atoms with van der Waals surface area (Å²) in [6, 6.07) is 13.7. The first kappa shape index (κ1) is 24.1. The van der Waals surface area contributed by atoms with Crippen molar-refractivity contribution in [1.82, 2.24) is 14.9 Å². The van der Waals surface area contributed by atoms with E-state index in [0.717, 1.165) is 11.1 Å². The number of aromatic nitrogens is 2. The summed E-state index contributed by atoms with van der Waals surface area (Å²) < 4.78 is 26.3. The third-order valence-corrected chi connectivity index (χ3v) is 6.91. The summed E-state index contributed by atoms with van der Waals surface area (Å²) in [6.45, 7) is 2.72. The Labute approximate surface area is 217 Å². The van der Waals surface area contributed by atoms with E-state index in [2.05, 4.69) is 32.9 Å². The standard InChI is InChI=1S/C23H20FI2N3O4/c1-23(26)22-28-18(20(30)27-12-15-7-8-16(24)11-17(15)25)19(21(31)29(22)9-10-33-23)32-13-14-5-3-2-4-6-14/h2-8,11H,9-10,12-13H2,1H3,(H,27,30). The Morgan fingerprint density at radius 3 is 2.79 bits per heavy atom. The van der Waals surface area contributed by atoms with Gasteiger partial charge in [-0.15, -0.1) is 0 Å². The third kappa shape index (κ3) is 5.38. The van der Waals surface area contributed by atoms with Gasteiger partial charge in [0.15, 0.2) is 15.1 Å². The number of carbonyl (C=O) groups is 1. The highest BCUT2D eigenvalue weighted by molar-refractivity contribution is 14.1. The van der Waals surface area contributed by atoms with Gasteiger partial charge in [0.25, 0.3) is 11.5 Å². The molecule has 33 heavy (non-hydrogen) atoms. The highest BCUT2D eigenvalue weighted by Crippen LogP contribution is 2.34. The van der Waals surface area contributed by atoms with E-state index in [-0.39, 0.29) is 30.4 Å². The average Bonchev–Trinajstić information content (AvgIpc) is 2.78. The number of rotatable bonds is 6. The largest absolute Gasteiger partial charge is 0.481 e. The molecule has 1 amide bonds. The summed E-state index contributed by atoms with van der Waals surface area (Å²) in [5, 5.41) is 2.78. The van der Waals surface area contributed by atoms with Crippen LogP contribution in [0.5, 0.6) is 5.75 Å². The van der Waals surface area contributed by atoms with Gasteiger partial charge in [0.2, 0.25) is 5.75 Å². The first-order chi connectivity index (χ1) is 15.8. The van der Waals surface area contributed by atoms with Gasteiger partial charge in [0.1, 0.15) is 12.4 Å². The normalized spacial score (nSPS) is 17.3. The van der Waals surface area contributed by atoms with E-state index in [1.165, 1.54) is 16.7 Å². The van der Waals surface area contributed by atoms with E-state index < -0.39 is 15.1 Å². The molecule has 1 aromatic heterocycles. The maximum Gasteiger partial charge on any atom is 0.296 e. The second-order valence-electron chi connectivity index (χ2n) is 7.53. The number of alkyl halides is 1. The first-order valence-electron chi connectivity index (χ1n) is 10.1. The molecule has 1 aliphatic rings. The van der Waals surface area contributed by atoms with Crippen LogP contribution < -0.4 is 15.6 Å². The molecule has 7 nitrogen and oxygen atoms in total. The van der Waals surface area contributed by atoms with E-state index in [1.54, 1.807) is 13.0 Å². The molecule has 1 N–H and O–H groups in total. The molecular weight excluding hydrogens is 655 g/mol. The van der Waals surface area contributed by atoms with Crippen molar-refractivity contribution in [2.75, 3.05) is 6.61 Å². The molecule has 3 aromatic rings. The molecule has 172 valence electrons. The van der Waals surface area contributed by atoms with Crippen molar-refractivity contribution in [2.24, 2.45) is 0 Å². The van der Waals surface area contributed by atoms with Crippen molar-refractivity contribution in [1.29, 1.82) is 0 Å². The maximum absolute atomic E-state index is 13.4. The van der Waals surface area contributed by atoms with Crippen molar-refractivity contribution in [3.8, 4) is 5.75 Å². The number of carbonyl (C=O) groups excluding carboxylic acids is 1. The molecule has 1 atom stereocenters. The Balaban J connectivity index is 1.68. The molecule has 0 saturated heterocycles. The predicted molar refractivity (Wildman–Crippen MR) is 137 cm³/mol. The molecule has 2 heterocycles. The summed E-state index contributed by atoms with van der Waals surface area (Å²) in [4.78, 5) is 31.0. The molecule has 0 spiro atoms. The van der Waals surface area contributed by atoms with Gasteiger partial charge < -0.3 is 14.8 Å². The number of fused-ring (bicyclic) bond motifs is 1. The van der Waals surface area contributed by atoms with Crippen molar-refractivity contribution < 1.29 is 18.7 Å². The van der Waals surface area contributed by atoms with Crippen molar-refractivity contribution in [3.63, 3.8) is 0 Å². The van der Waals surface area contributed by atoms with Crippen LogP contribution in [-0.4, -0.2) is 22.1 Å². The predicted octanol–water partition coefficient (Wildman–Crippen LogP) is 4.13. The third-order valence-electron chi connectivity index (χ3n) is 5.11. The number of nitrogens with one attached hydrogen (secondary N) is 1. The highest BCUT2D eigenvalue weighted by atomic mass is 127. The molecule has 10 heteroatoms. The van der Waals surface area contributed by atoms with Gasteiger partial charge in [-0.25, -0.2) is 9.37 Å². The highest BCUT2D eigenvalue weighted by Gasteiger charge is 2.36. The summed E-state index contributed by atoms with van der Waals surface area (Å²) >= 11 is 4.08. The van der Waals surface area contributed by atoms with Gasteiger partial charge in [0.05, 0.1) is 13.2 Å². The zero-order valence-corrected chi connectivity index (χ0v) is 21.9. The molecule has 0 aliphatic carbocycles. The lowest BCUT2D eigenvalue weighted by molar-refractivity contribution is 0.0112. The van der Waals surface area contributed by atoms with Crippen LogP contribution in [0, 0.1) is 9.39 Å². The number of nitrogens with zero attached hydrogens (tertiary/aromatic N) is 2. The fourth-order valence-electron chi connectivity index (χ4n) is 3.42. The van der Waals surface area contributed by atoms with Crippen LogP contribution >= 0.6 is 45.2 Å². The van der Waals surface area contributed by atoms with Crippen LogP contribution in [0.4, 0.5) is 4.39 Å². The molecule has 1 aliphatic heterocycles. The molecule has 0 bridgehead atoms. The second-order valence-corrected chi connectivity index (χ2v) is 10.7. The van der Waals surface area contributed by atoms with E-state index >= 15 is 0 Å². The number of amides is 1. The number of hydrogen-bond acceptors (Lipinski definition) is 5. The number of hydrogen-bond donors (Lipinski definition) is 1. The summed E-state index contributed by atoms with van der Waals surface area (Å²) in [7, 11) is 0. The van der Waals surface area contributed by atoms with Gasteiger partial charge in [-0.1, -0.05) is 36.4 Å². The molecule has 1 unspecified atom stereocenters. The molecular formula is C23H20FI2N3O4. The van der Waals surface area contributed by atoms with Gasteiger partial charge in [-0.2, -0.15) is 0 Å². The fourth-order valence-corrected chi connectivity index (χ4v) is 4.72. The quantitative estimate of drug-likeness (QED) is 0.314. The van der Waals surface area contributed by atoms with Gasteiger partial charge in [-0.05, 0) is 75.4 Å². The Morgan fingerprint density at radius 2 is 2.06 bits per heavy atom. The minimum atomic E-state index is -0.867. The van der Waals surface area contributed by atoms with E-state index in [1.807, 2.05) is 52.9 Å². The molecule has 2 aromatic carbocycles. The summed E-state index contributed by atoms with van der Waals surface area (Å²) in [5.41, 5.74) is 1.07.